The molecule has 0 unspecified atom stereocenters. The quantitative estimate of drug-likeness (QED) is 0.188. The van der Waals surface area contributed by atoms with Crippen molar-refractivity contribution in [2.24, 2.45) is 0 Å². The van der Waals surface area contributed by atoms with Gasteiger partial charge in [-0.2, -0.15) is 0 Å². The maximum Gasteiger partial charge on any atom is 0.161 e. The van der Waals surface area contributed by atoms with Gasteiger partial charge in [0.05, 0.1) is 16.6 Å². The summed E-state index contributed by atoms with van der Waals surface area (Å²) in [6, 6.07) is 56.0. The lowest BCUT2D eigenvalue weighted by Crippen LogP contribution is -2.19. The predicted molar refractivity (Wildman–Crippen MR) is 220 cm³/mol. The van der Waals surface area contributed by atoms with E-state index in [4.69, 9.17) is 14.4 Å². The summed E-state index contributed by atoms with van der Waals surface area (Å²) in [6.07, 6.45) is 1.89. The van der Waals surface area contributed by atoms with Crippen molar-refractivity contribution in [1.29, 1.82) is 0 Å². The Kier molecular flexibility index (Phi) is 7.24. The highest BCUT2D eigenvalue weighted by molar-refractivity contribution is 6.20. The summed E-state index contributed by atoms with van der Waals surface area (Å²) in [6.45, 7) is 4.54. The Morgan fingerprint density at radius 2 is 1.33 bits per heavy atom. The van der Waals surface area contributed by atoms with Crippen LogP contribution in [0.1, 0.15) is 25.0 Å². The zero-order chi connectivity index (χ0) is 36.4. The van der Waals surface area contributed by atoms with Crippen molar-refractivity contribution in [2.45, 2.75) is 19.3 Å². The van der Waals surface area contributed by atoms with Crippen LogP contribution in [0.5, 0.6) is 5.75 Å². The van der Waals surface area contributed by atoms with Gasteiger partial charge in [0.2, 0.25) is 0 Å². The Morgan fingerprint density at radius 1 is 0.611 bits per heavy atom. The SMILES string of the molecule is CC(C)(c1ccccc1)c1cc(-c2cccc3c2nc(-c2ccccc2O)n3-c2ccccc2)cc(-c2nccc3c2oc2ccc4ccccc4c23)c1. The van der Waals surface area contributed by atoms with Gasteiger partial charge in [0, 0.05) is 39.2 Å². The largest absolute Gasteiger partial charge is 0.507 e. The first-order chi connectivity index (χ1) is 26.5. The lowest BCUT2D eigenvalue weighted by molar-refractivity contribution is 0.477. The molecule has 0 aliphatic rings. The molecule has 0 bridgehead atoms. The number of nitrogens with zero attached hydrogens (tertiary/aromatic N) is 3. The second-order valence-electron chi connectivity index (χ2n) is 14.4. The highest BCUT2D eigenvalue weighted by Crippen LogP contribution is 2.43. The molecule has 5 nitrogen and oxygen atoms in total. The first-order valence-corrected chi connectivity index (χ1v) is 18.2. The van der Waals surface area contributed by atoms with Gasteiger partial charge in [0.25, 0.3) is 0 Å². The van der Waals surface area contributed by atoms with E-state index in [1.165, 1.54) is 10.9 Å². The Bertz CT molecular complexity index is 3030. The Morgan fingerprint density at radius 3 is 2.17 bits per heavy atom. The summed E-state index contributed by atoms with van der Waals surface area (Å²) in [7, 11) is 0. The van der Waals surface area contributed by atoms with Crippen LogP contribution in [0, 0.1) is 0 Å². The average Bonchev–Trinajstić information content (AvgIpc) is 3.81. The summed E-state index contributed by atoms with van der Waals surface area (Å²) in [5.41, 5.74) is 10.7. The number of para-hydroxylation sites is 3. The van der Waals surface area contributed by atoms with E-state index in [2.05, 4.69) is 140 Å². The molecule has 0 spiro atoms. The molecule has 54 heavy (non-hydrogen) atoms. The number of pyridine rings is 1. The molecule has 3 aromatic heterocycles. The smallest absolute Gasteiger partial charge is 0.161 e. The van der Waals surface area contributed by atoms with Crippen molar-refractivity contribution in [1.82, 2.24) is 14.5 Å². The third-order valence-electron chi connectivity index (χ3n) is 10.9. The highest BCUT2D eigenvalue weighted by atomic mass is 16.3. The maximum absolute atomic E-state index is 11.1. The second kappa shape index (κ2) is 12.3. The first-order valence-electron chi connectivity index (χ1n) is 18.2. The molecule has 0 fully saturated rings. The summed E-state index contributed by atoms with van der Waals surface area (Å²) >= 11 is 0. The van der Waals surface area contributed by atoms with Gasteiger partial charge >= 0.3 is 0 Å². The molecule has 0 radical (unpaired) electrons. The van der Waals surface area contributed by atoms with Gasteiger partial charge in [-0.05, 0) is 82.1 Å². The number of rotatable bonds is 6. The normalized spacial score (nSPS) is 12.0. The fourth-order valence-corrected chi connectivity index (χ4v) is 7.99. The second-order valence-corrected chi connectivity index (χ2v) is 14.4. The molecule has 3 heterocycles. The lowest BCUT2D eigenvalue weighted by Gasteiger charge is -2.27. The number of phenolic OH excluding ortho intramolecular Hbond substituents is 1. The number of furan rings is 1. The summed E-state index contributed by atoms with van der Waals surface area (Å²) in [5.74, 6) is 0.849. The highest BCUT2D eigenvalue weighted by Gasteiger charge is 2.27. The van der Waals surface area contributed by atoms with Gasteiger partial charge in [-0.3, -0.25) is 9.55 Å². The van der Waals surface area contributed by atoms with Crippen LogP contribution in [0.15, 0.2) is 174 Å². The third-order valence-corrected chi connectivity index (χ3v) is 10.9. The molecule has 5 heteroatoms. The van der Waals surface area contributed by atoms with Crippen LogP contribution >= 0.6 is 0 Å². The number of hydrogen-bond donors (Lipinski definition) is 1. The minimum Gasteiger partial charge on any atom is -0.507 e. The summed E-state index contributed by atoms with van der Waals surface area (Å²) in [4.78, 5) is 10.3. The summed E-state index contributed by atoms with van der Waals surface area (Å²) < 4.78 is 8.83. The van der Waals surface area contributed by atoms with Crippen LogP contribution in [0.3, 0.4) is 0 Å². The minimum atomic E-state index is -0.345. The van der Waals surface area contributed by atoms with Gasteiger partial charge in [-0.25, -0.2) is 4.98 Å². The molecule has 0 atom stereocenters. The molecule has 10 rings (SSSR count). The van der Waals surface area contributed by atoms with Crippen molar-refractivity contribution in [2.75, 3.05) is 0 Å². The average molecular weight is 698 g/mol. The van der Waals surface area contributed by atoms with Crippen LogP contribution in [0.4, 0.5) is 0 Å². The number of phenols is 1. The van der Waals surface area contributed by atoms with Crippen molar-refractivity contribution in [3.63, 3.8) is 0 Å². The van der Waals surface area contributed by atoms with Gasteiger partial charge in [-0.1, -0.05) is 123 Å². The lowest BCUT2D eigenvalue weighted by atomic mass is 9.76. The molecular weight excluding hydrogens is 663 g/mol. The van der Waals surface area contributed by atoms with Crippen LogP contribution in [-0.4, -0.2) is 19.6 Å². The van der Waals surface area contributed by atoms with E-state index in [-0.39, 0.29) is 11.2 Å². The molecule has 10 aromatic rings. The minimum absolute atomic E-state index is 0.179. The number of aromatic hydroxyl groups is 1. The first kappa shape index (κ1) is 31.7. The van der Waals surface area contributed by atoms with Gasteiger partial charge in [0.15, 0.2) is 5.58 Å². The standard InChI is InChI=1S/C49H35N3O2/c1-49(2,34-15-5-3-6-16-34)35-29-32(28-33(30-35)45-47-40(26-27-50-45)44-37-19-10-9-14-31(37)24-25-43(44)54-47)38-21-13-22-41-46(38)51-48(39-20-11-12-23-42(39)53)52(41)36-17-7-4-8-18-36/h3-30,53H,1-2H3. The molecule has 0 saturated heterocycles. The van der Waals surface area contributed by atoms with Gasteiger partial charge in [-0.15, -0.1) is 0 Å². The van der Waals surface area contributed by atoms with Crippen LogP contribution in [0.2, 0.25) is 0 Å². The zero-order valence-electron chi connectivity index (χ0n) is 29.9. The summed E-state index contributed by atoms with van der Waals surface area (Å²) in [5, 5.41) is 15.5. The van der Waals surface area contributed by atoms with E-state index in [9.17, 15) is 5.11 Å². The monoisotopic (exact) mass is 697 g/mol. The van der Waals surface area contributed by atoms with E-state index in [1.54, 1.807) is 6.07 Å². The van der Waals surface area contributed by atoms with E-state index in [1.807, 2.05) is 42.6 Å². The van der Waals surface area contributed by atoms with Crippen molar-refractivity contribution < 1.29 is 9.52 Å². The van der Waals surface area contributed by atoms with Crippen molar-refractivity contribution >= 4 is 43.7 Å². The van der Waals surface area contributed by atoms with Gasteiger partial charge in [0.1, 0.15) is 22.9 Å². The zero-order valence-corrected chi connectivity index (χ0v) is 29.9. The van der Waals surface area contributed by atoms with E-state index in [0.717, 1.165) is 72.0 Å². The number of fused-ring (bicyclic) bond motifs is 6. The van der Waals surface area contributed by atoms with E-state index < -0.39 is 0 Å². The Balaban J connectivity index is 1.26. The topological polar surface area (TPSA) is 64.1 Å². The third kappa shape index (κ3) is 5.01. The predicted octanol–water partition coefficient (Wildman–Crippen LogP) is 12.5. The number of benzene rings is 7. The van der Waals surface area contributed by atoms with Crippen LogP contribution in [0.25, 0.3) is 83.2 Å². The molecule has 1 N–H and O–H groups in total. The Hall–Kier alpha value is -6.98. The maximum atomic E-state index is 11.1. The number of imidazole rings is 1. The molecule has 0 amide bonds. The van der Waals surface area contributed by atoms with Crippen LogP contribution in [-0.2, 0) is 5.41 Å². The fraction of sp³-hybridized carbons (Fsp3) is 0.0612. The molecule has 258 valence electrons. The van der Waals surface area contributed by atoms with Crippen molar-refractivity contribution in [3.05, 3.63) is 181 Å². The van der Waals surface area contributed by atoms with Crippen molar-refractivity contribution in [3.8, 4) is 45.2 Å². The Labute approximate surface area is 312 Å². The van der Waals surface area contributed by atoms with E-state index in [0.29, 0.717) is 11.4 Å². The molecule has 0 aliphatic heterocycles. The molecular formula is C49H35N3O2. The number of hydrogen-bond acceptors (Lipinski definition) is 4. The van der Waals surface area contributed by atoms with Crippen LogP contribution < -0.4 is 0 Å². The van der Waals surface area contributed by atoms with E-state index >= 15 is 0 Å². The molecule has 7 aromatic carbocycles. The van der Waals surface area contributed by atoms with Gasteiger partial charge < -0.3 is 9.52 Å². The number of aromatic nitrogens is 3. The molecule has 0 saturated carbocycles. The fourth-order valence-electron chi connectivity index (χ4n) is 7.99. The molecule has 0 aliphatic carbocycles.